The highest BCUT2D eigenvalue weighted by Gasteiger charge is 2.17. The van der Waals surface area contributed by atoms with Gasteiger partial charge in [-0.05, 0) is 24.3 Å². The van der Waals surface area contributed by atoms with E-state index in [2.05, 4.69) is 21.3 Å². The van der Waals surface area contributed by atoms with Gasteiger partial charge >= 0.3 is 0 Å². The summed E-state index contributed by atoms with van der Waals surface area (Å²) in [5.41, 5.74) is -4.02. The molecule has 4 rings (SSSR count). The lowest BCUT2D eigenvalue weighted by Gasteiger charge is -2.23. The fourth-order valence-electron chi connectivity index (χ4n) is 6.11. The van der Waals surface area contributed by atoms with Crippen molar-refractivity contribution in [2.24, 2.45) is 0 Å². The van der Waals surface area contributed by atoms with Crippen LogP contribution >= 0.6 is 0 Å². The van der Waals surface area contributed by atoms with E-state index in [0.717, 1.165) is 24.3 Å². The zero-order valence-corrected chi connectivity index (χ0v) is 37.0. The SMILES string of the molecule is O=C(NCCN(CCNC(=O)c1cccc(=O)n1O)CCOCCOCCOCCOCCN(CCNC(=O)c1cccc(=O)n1O)CCNC(=O)c1cccc(=O)n1O)c1cccc(=O)n1O. The Hall–Kier alpha value is -7.36. The van der Waals surface area contributed by atoms with Gasteiger partial charge in [0, 0.05) is 89.7 Å². The Kier molecular flexibility index (Phi) is 22.4. The minimum atomic E-state index is -0.763. The van der Waals surface area contributed by atoms with Gasteiger partial charge in [-0.25, -0.2) is 0 Å². The van der Waals surface area contributed by atoms with Crippen molar-refractivity contribution < 1.29 is 59.0 Å². The van der Waals surface area contributed by atoms with Gasteiger partial charge in [0.15, 0.2) is 0 Å². The topological polar surface area (TPSA) is 329 Å². The number of hydrogen-bond acceptors (Lipinski definition) is 18. The second-order valence-corrected chi connectivity index (χ2v) is 14.4. The van der Waals surface area contributed by atoms with Crippen LogP contribution in [0.25, 0.3) is 0 Å². The molecule has 26 nitrogen and oxygen atoms in total. The van der Waals surface area contributed by atoms with Gasteiger partial charge in [0.05, 0.1) is 52.9 Å². The number of amides is 4. The molecule has 68 heavy (non-hydrogen) atoms. The summed E-state index contributed by atoms with van der Waals surface area (Å²) >= 11 is 0. The third-order valence-electron chi connectivity index (χ3n) is 9.72. The number of nitrogens with one attached hydrogen (secondary N) is 4. The van der Waals surface area contributed by atoms with Crippen molar-refractivity contribution in [2.45, 2.75) is 0 Å². The number of hydrogen-bond donors (Lipinski definition) is 8. The average Bonchev–Trinajstić information content (AvgIpc) is 3.31. The van der Waals surface area contributed by atoms with Crippen molar-refractivity contribution in [1.82, 2.24) is 50.0 Å². The minimum absolute atomic E-state index is 0.113. The molecule has 0 aliphatic rings. The number of ether oxygens (including phenoxy) is 4. The highest BCUT2D eigenvalue weighted by molar-refractivity contribution is 5.93. The van der Waals surface area contributed by atoms with Crippen molar-refractivity contribution in [3.8, 4) is 0 Å². The second-order valence-electron chi connectivity index (χ2n) is 14.4. The second kappa shape index (κ2) is 28.6. The van der Waals surface area contributed by atoms with E-state index in [9.17, 15) is 59.2 Å². The molecule has 0 saturated heterocycles. The third-order valence-corrected chi connectivity index (χ3v) is 9.72. The molecule has 4 amide bonds. The van der Waals surface area contributed by atoms with Crippen LogP contribution in [-0.2, 0) is 18.9 Å². The van der Waals surface area contributed by atoms with Crippen LogP contribution in [0.5, 0.6) is 0 Å². The van der Waals surface area contributed by atoms with Gasteiger partial charge in [0.1, 0.15) is 22.8 Å². The van der Waals surface area contributed by atoms with Crippen LogP contribution in [0.4, 0.5) is 0 Å². The summed E-state index contributed by atoms with van der Waals surface area (Å²) in [4.78, 5) is 101. The van der Waals surface area contributed by atoms with Gasteiger partial charge in [-0.3, -0.25) is 48.2 Å². The Morgan fingerprint density at radius 1 is 0.368 bits per heavy atom. The lowest BCUT2D eigenvalue weighted by Crippen LogP contribution is -2.42. The van der Waals surface area contributed by atoms with E-state index in [0.29, 0.717) is 39.3 Å². The molecule has 0 saturated carbocycles. The summed E-state index contributed by atoms with van der Waals surface area (Å²) in [5.74, 6) is -2.69. The Bertz CT molecular complexity index is 2180. The third kappa shape index (κ3) is 17.5. The van der Waals surface area contributed by atoms with Crippen molar-refractivity contribution in [2.75, 3.05) is 118 Å². The van der Waals surface area contributed by atoms with Crippen LogP contribution in [0.1, 0.15) is 42.0 Å². The number of nitrogens with zero attached hydrogens (tertiary/aromatic N) is 6. The lowest BCUT2D eigenvalue weighted by molar-refractivity contribution is -0.00562. The summed E-state index contributed by atoms with van der Waals surface area (Å²) in [7, 11) is 0. The number of pyridine rings is 4. The molecule has 4 aromatic rings. The Morgan fingerprint density at radius 2 is 0.588 bits per heavy atom. The normalized spacial score (nSPS) is 11.1. The van der Waals surface area contributed by atoms with Crippen LogP contribution in [0.15, 0.2) is 92.0 Å². The average molecular weight is 957 g/mol. The van der Waals surface area contributed by atoms with Gasteiger partial charge in [0.25, 0.3) is 45.9 Å². The molecule has 26 heteroatoms. The lowest BCUT2D eigenvalue weighted by atomic mass is 10.3. The molecule has 0 aliphatic heterocycles. The first-order valence-electron chi connectivity index (χ1n) is 21.3. The summed E-state index contributed by atoms with van der Waals surface area (Å²) < 4.78 is 23.5. The maximum absolute atomic E-state index is 12.6. The van der Waals surface area contributed by atoms with Crippen molar-refractivity contribution in [3.05, 3.63) is 137 Å². The van der Waals surface area contributed by atoms with Gasteiger partial charge in [0.2, 0.25) is 0 Å². The molecule has 0 bridgehead atoms. The van der Waals surface area contributed by atoms with Crippen LogP contribution in [0.2, 0.25) is 0 Å². The van der Waals surface area contributed by atoms with Crippen LogP contribution < -0.4 is 43.5 Å². The standard InChI is InChI=1S/C42H56N10O16/c53-35-9-1-5-31(49(35)61)39(57)43-13-17-47(18-14-44-40(58)32-6-2-10-36(54)50(32)62)21-23-65-25-27-67-29-30-68-28-26-66-24-22-48(19-15-45-41(59)33-7-3-11-37(55)51(33)63)20-16-46-42(60)34-8-4-12-38(56)52(34)64/h1-12,61-64H,13-30H2,(H,43,57)(H,44,58)(H,45,59)(H,46,60). The highest BCUT2D eigenvalue weighted by atomic mass is 16.6. The van der Waals surface area contributed by atoms with Crippen LogP contribution in [-0.4, -0.2) is 191 Å². The summed E-state index contributed by atoms with van der Waals surface area (Å²) in [6.45, 7) is 4.45. The predicted molar refractivity (Wildman–Crippen MR) is 237 cm³/mol. The van der Waals surface area contributed by atoms with E-state index in [1.165, 1.54) is 48.5 Å². The Balaban J connectivity index is 1.10. The summed E-state index contributed by atoms with van der Waals surface area (Å²) in [5, 5.41) is 50.1. The van der Waals surface area contributed by atoms with E-state index >= 15 is 0 Å². The van der Waals surface area contributed by atoms with Gasteiger partial charge in [-0.2, -0.15) is 0 Å². The van der Waals surface area contributed by atoms with E-state index in [1.54, 1.807) is 0 Å². The fraction of sp³-hybridized carbons (Fsp3) is 0.429. The first-order chi connectivity index (χ1) is 32.8. The van der Waals surface area contributed by atoms with E-state index < -0.39 is 45.9 Å². The molecule has 4 heterocycles. The molecule has 370 valence electrons. The molecule has 0 aliphatic carbocycles. The zero-order valence-electron chi connectivity index (χ0n) is 37.0. The monoisotopic (exact) mass is 956 g/mol. The fourth-order valence-corrected chi connectivity index (χ4v) is 6.11. The van der Waals surface area contributed by atoms with Crippen molar-refractivity contribution >= 4 is 23.6 Å². The van der Waals surface area contributed by atoms with Crippen LogP contribution in [0.3, 0.4) is 0 Å². The number of carbonyl (C=O) groups excluding carboxylic acids is 4. The van der Waals surface area contributed by atoms with Crippen LogP contribution in [0, 0.1) is 0 Å². The Labute approximate surface area is 387 Å². The first-order valence-corrected chi connectivity index (χ1v) is 21.3. The van der Waals surface area contributed by atoms with Gasteiger partial charge < -0.3 is 61.0 Å². The van der Waals surface area contributed by atoms with Gasteiger partial charge in [-0.15, -0.1) is 18.9 Å². The van der Waals surface area contributed by atoms with Crippen molar-refractivity contribution in [3.63, 3.8) is 0 Å². The number of aromatic nitrogens is 4. The largest absolute Gasteiger partial charge is 0.425 e. The molecule has 0 fully saturated rings. The smallest absolute Gasteiger partial charge is 0.283 e. The molecule has 0 spiro atoms. The zero-order chi connectivity index (χ0) is 49.3. The molecule has 0 aromatic carbocycles. The van der Waals surface area contributed by atoms with Crippen molar-refractivity contribution in [1.29, 1.82) is 0 Å². The molecule has 4 aromatic heterocycles. The number of carbonyl (C=O) groups is 4. The molecular weight excluding hydrogens is 901 g/mol. The number of rotatable bonds is 31. The molecular formula is C42H56N10O16. The molecule has 0 atom stereocenters. The van der Waals surface area contributed by atoms with E-state index in [-0.39, 0.29) is 121 Å². The quantitative estimate of drug-likeness (QED) is 0.0184. The molecule has 0 unspecified atom stereocenters. The van der Waals surface area contributed by atoms with E-state index in [1.807, 2.05) is 9.80 Å². The minimum Gasteiger partial charge on any atom is -0.425 e. The predicted octanol–water partition coefficient (Wildman–Crippen LogP) is -3.03. The maximum atomic E-state index is 12.6. The maximum Gasteiger partial charge on any atom is 0.283 e. The highest BCUT2D eigenvalue weighted by Crippen LogP contribution is 1.99. The summed E-state index contributed by atoms with van der Waals surface area (Å²) in [6, 6.07) is 14.9. The Morgan fingerprint density at radius 3 is 0.824 bits per heavy atom. The summed E-state index contributed by atoms with van der Waals surface area (Å²) in [6.07, 6.45) is 0. The molecule has 0 radical (unpaired) electrons. The van der Waals surface area contributed by atoms with E-state index in [4.69, 9.17) is 18.9 Å². The molecule has 8 N–H and O–H groups in total. The first kappa shape index (κ1) is 53.3. The van der Waals surface area contributed by atoms with Gasteiger partial charge in [-0.1, -0.05) is 24.3 Å².